The Labute approximate surface area is 180 Å². The summed E-state index contributed by atoms with van der Waals surface area (Å²) in [5.74, 6) is -0.663. The van der Waals surface area contributed by atoms with Gasteiger partial charge in [-0.15, -0.1) is 11.3 Å². The average Bonchev–Trinajstić information content (AvgIpc) is 3.28. The molecular weight excluding hydrogens is 394 g/mol. The molecule has 4 rings (SSSR count). The van der Waals surface area contributed by atoms with E-state index in [2.05, 4.69) is 11.4 Å². The van der Waals surface area contributed by atoms with Crippen LogP contribution in [0.5, 0.6) is 0 Å². The number of aryl methyl sites for hydroxylation is 2. The molecule has 0 saturated heterocycles. The van der Waals surface area contributed by atoms with Crippen molar-refractivity contribution in [3.05, 3.63) is 81.7 Å². The zero-order chi connectivity index (χ0) is 21.4. The number of hydrogen-bond donors (Lipinski definition) is 1. The smallest absolute Gasteiger partial charge is 0.282 e. The van der Waals surface area contributed by atoms with Crippen LogP contribution in [-0.4, -0.2) is 25.9 Å². The highest BCUT2D eigenvalue weighted by Crippen LogP contribution is 2.36. The Morgan fingerprint density at radius 3 is 2.27 bits per heavy atom. The van der Waals surface area contributed by atoms with E-state index in [1.165, 1.54) is 16.2 Å². The molecule has 152 valence electrons. The topological polar surface area (TPSA) is 52.7 Å². The van der Waals surface area contributed by atoms with Crippen molar-refractivity contribution in [2.45, 2.75) is 13.8 Å². The summed E-state index contributed by atoms with van der Waals surface area (Å²) in [7, 11) is 3.85. The number of imide groups is 1. The Morgan fingerprint density at radius 2 is 1.63 bits per heavy atom. The minimum Gasteiger partial charge on any atom is -0.378 e. The van der Waals surface area contributed by atoms with E-state index in [1.54, 1.807) is 6.07 Å². The second-order valence-electron chi connectivity index (χ2n) is 7.59. The van der Waals surface area contributed by atoms with Gasteiger partial charge >= 0.3 is 0 Å². The fourth-order valence-electron chi connectivity index (χ4n) is 3.63. The highest BCUT2D eigenvalue weighted by atomic mass is 32.1. The first-order valence-electron chi connectivity index (χ1n) is 9.65. The molecule has 0 atom stereocenters. The van der Waals surface area contributed by atoms with Crippen molar-refractivity contribution in [2.24, 2.45) is 0 Å². The zero-order valence-corrected chi connectivity index (χ0v) is 18.2. The molecule has 2 amide bonds. The average molecular weight is 418 g/mol. The number of carbonyl (C=O) groups excluding carboxylic acids is 2. The van der Waals surface area contributed by atoms with Gasteiger partial charge in [-0.25, -0.2) is 4.90 Å². The predicted octanol–water partition coefficient (Wildman–Crippen LogP) is 4.83. The Bertz CT molecular complexity index is 1140. The number of thiophene rings is 1. The van der Waals surface area contributed by atoms with Crippen LogP contribution >= 0.6 is 11.3 Å². The molecule has 5 nitrogen and oxygen atoms in total. The highest BCUT2D eigenvalue weighted by molar-refractivity contribution is 7.11. The van der Waals surface area contributed by atoms with Crippen LogP contribution in [0.2, 0.25) is 0 Å². The van der Waals surface area contributed by atoms with Gasteiger partial charge in [0.2, 0.25) is 0 Å². The van der Waals surface area contributed by atoms with E-state index < -0.39 is 0 Å². The molecule has 0 radical (unpaired) electrons. The summed E-state index contributed by atoms with van der Waals surface area (Å²) >= 11 is 1.45. The van der Waals surface area contributed by atoms with E-state index in [0.29, 0.717) is 17.0 Å². The standard InChI is InChI=1S/C24H23N3O2S/c1-15-11-16(2)13-17(12-15)25-22-21(20-9-6-10-30-20)23(28)27(24(22)29)19-8-5-7-18(14-19)26(3)4/h5-14,25H,1-4H3. The van der Waals surface area contributed by atoms with Crippen molar-refractivity contribution in [2.75, 3.05) is 29.2 Å². The third kappa shape index (κ3) is 3.62. The van der Waals surface area contributed by atoms with Gasteiger partial charge in [-0.05, 0) is 66.8 Å². The van der Waals surface area contributed by atoms with Crippen LogP contribution in [0.1, 0.15) is 16.0 Å². The fourth-order valence-corrected chi connectivity index (χ4v) is 4.40. The molecule has 6 heteroatoms. The van der Waals surface area contributed by atoms with Gasteiger partial charge in [-0.3, -0.25) is 9.59 Å². The maximum atomic E-state index is 13.5. The number of rotatable bonds is 5. The maximum Gasteiger partial charge on any atom is 0.282 e. The number of carbonyl (C=O) groups is 2. The molecule has 0 saturated carbocycles. The summed E-state index contributed by atoms with van der Waals surface area (Å²) < 4.78 is 0. The molecule has 2 aromatic carbocycles. The molecule has 1 aliphatic heterocycles. The molecule has 1 N–H and O–H groups in total. The Hall–Kier alpha value is -3.38. The Morgan fingerprint density at radius 1 is 0.900 bits per heavy atom. The minimum atomic E-state index is -0.349. The third-order valence-electron chi connectivity index (χ3n) is 4.95. The Balaban J connectivity index is 1.80. The summed E-state index contributed by atoms with van der Waals surface area (Å²) in [6, 6.07) is 17.2. The molecule has 1 aromatic heterocycles. The van der Waals surface area contributed by atoms with Gasteiger partial charge in [0.25, 0.3) is 11.8 Å². The van der Waals surface area contributed by atoms with Gasteiger partial charge in [-0.1, -0.05) is 18.2 Å². The van der Waals surface area contributed by atoms with Gasteiger partial charge < -0.3 is 10.2 Å². The summed E-state index contributed by atoms with van der Waals surface area (Å²) in [6.07, 6.45) is 0. The molecule has 0 fully saturated rings. The lowest BCUT2D eigenvalue weighted by molar-refractivity contribution is -0.120. The minimum absolute atomic E-state index is 0.308. The number of amides is 2. The monoisotopic (exact) mass is 417 g/mol. The van der Waals surface area contributed by atoms with Crippen LogP contribution in [0.3, 0.4) is 0 Å². The van der Waals surface area contributed by atoms with Crippen molar-refractivity contribution in [1.29, 1.82) is 0 Å². The predicted molar refractivity (Wildman–Crippen MR) is 124 cm³/mol. The largest absolute Gasteiger partial charge is 0.378 e. The lowest BCUT2D eigenvalue weighted by Crippen LogP contribution is -2.32. The molecular formula is C24H23N3O2S. The molecule has 0 bridgehead atoms. The molecule has 1 aliphatic rings. The number of benzene rings is 2. The van der Waals surface area contributed by atoms with Crippen LogP contribution < -0.4 is 15.1 Å². The summed E-state index contributed by atoms with van der Waals surface area (Å²) in [5, 5.41) is 5.15. The van der Waals surface area contributed by atoms with Gasteiger partial charge in [0.05, 0.1) is 11.3 Å². The van der Waals surface area contributed by atoms with Crippen LogP contribution in [0, 0.1) is 13.8 Å². The maximum absolute atomic E-state index is 13.5. The molecule has 0 aliphatic carbocycles. The van der Waals surface area contributed by atoms with E-state index in [1.807, 2.05) is 80.7 Å². The first kappa shape index (κ1) is 19.9. The number of nitrogens with one attached hydrogen (secondary N) is 1. The number of nitrogens with zero attached hydrogens (tertiary/aromatic N) is 2. The highest BCUT2D eigenvalue weighted by Gasteiger charge is 2.40. The van der Waals surface area contributed by atoms with E-state index in [0.717, 1.165) is 27.4 Å². The molecule has 3 aromatic rings. The fraction of sp³-hybridized carbons (Fsp3) is 0.167. The summed E-state index contributed by atoms with van der Waals surface area (Å²) in [6.45, 7) is 4.01. The second-order valence-corrected chi connectivity index (χ2v) is 8.54. The van der Waals surface area contributed by atoms with Gasteiger partial charge in [0, 0.05) is 30.3 Å². The summed E-state index contributed by atoms with van der Waals surface area (Å²) in [5.41, 5.74) is 5.16. The van der Waals surface area contributed by atoms with Crippen molar-refractivity contribution < 1.29 is 9.59 Å². The molecule has 0 spiro atoms. The van der Waals surface area contributed by atoms with Crippen LogP contribution in [-0.2, 0) is 9.59 Å². The second kappa shape index (κ2) is 7.80. The van der Waals surface area contributed by atoms with E-state index >= 15 is 0 Å². The Kier molecular flexibility index (Phi) is 5.18. The first-order chi connectivity index (χ1) is 14.3. The van der Waals surface area contributed by atoms with E-state index in [9.17, 15) is 9.59 Å². The van der Waals surface area contributed by atoms with Crippen LogP contribution in [0.25, 0.3) is 5.57 Å². The van der Waals surface area contributed by atoms with E-state index in [4.69, 9.17) is 0 Å². The van der Waals surface area contributed by atoms with Crippen LogP contribution in [0.4, 0.5) is 17.1 Å². The molecule has 0 unspecified atom stereocenters. The third-order valence-corrected chi connectivity index (χ3v) is 5.83. The first-order valence-corrected chi connectivity index (χ1v) is 10.5. The van der Waals surface area contributed by atoms with Gasteiger partial charge in [-0.2, -0.15) is 0 Å². The molecule has 2 heterocycles. The molecule has 30 heavy (non-hydrogen) atoms. The zero-order valence-electron chi connectivity index (χ0n) is 17.4. The van der Waals surface area contributed by atoms with Crippen molar-refractivity contribution in [3.63, 3.8) is 0 Å². The van der Waals surface area contributed by atoms with E-state index in [-0.39, 0.29) is 11.8 Å². The lowest BCUT2D eigenvalue weighted by Gasteiger charge is -2.19. The van der Waals surface area contributed by atoms with Crippen molar-refractivity contribution in [1.82, 2.24) is 0 Å². The van der Waals surface area contributed by atoms with Crippen molar-refractivity contribution in [3.8, 4) is 0 Å². The summed E-state index contributed by atoms with van der Waals surface area (Å²) in [4.78, 5) is 30.9. The number of hydrogen-bond acceptors (Lipinski definition) is 5. The number of anilines is 3. The SMILES string of the molecule is Cc1cc(C)cc(NC2=C(c3cccs3)C(=O)N(c3cccc(N(C)C)c3)C2=O)c1. The van der Waals surface area contributed by atoms with Gasteiger partial charge in [0.15, 0.2) is 0 Å². The quantitative estimate of drug-likeness (QED) is 0.605. The normalized spacial score (nSPS) is 13.9. The van der Waals surface area contributed by atoms with Gasteiger partial charge in [0.1, 0.15) is 5.70 Å². The van der Waals surface area contributed by atoms with Crippen LogP contribution in [0.15, 0.2) is 65.7 Å². The lowest BCUT2D eigenvalue weighted by atomic mass is 10.1. The van der Waals surface area contributed by atoms with Crippen molar-refractivity contribution >= 4 is 45.8 Å².